The van der Waals surface area contributed by atoms with Gasteiger partial charge >= 0.3 is 6.36 Å². The third-order valence-corrected chi connectivity index (χ3v) is 3.13. The molecule has 96 valence electrons. The number of rotatable bonds is 2. The molecule has 0 aliphatic rings. The highest BCUT2D eigenvalue weighted by molar-refractivity contribution is 14.1. The van der Waals surface area contributed by atoms with E-state index in [2.05, 4.69) is 9.72 Å². The molecule has 0 bridgehead atoms. The Morgan fingerprint density at radius 2 is 2.00 bits per heavy atom. The topological polar surface area (TPSA) is 82.3 Å². The first kappa shape index (κ1) is 14.4. The fraction of sp³-hybridized carbons (Fsp3) is 0.286. The van der Waals surface area contributed by atoms with Gasteiger partial charge in [-0.2, -0.15) is 0 Å². The minimum absolute atomic E-state index is 0.0245. The Bertz CT molecular complexity index is 544. The van der Waals surface area contributed by atoms with Crippen LogP contribution in [0, 0.1) is 10.6 Å². The fourth-order valence-corrected chi connectivity index (χ4v) is 2.48. The number of pyridine rings is 1. The van der Waals surface area contributed by atoms with Gasteiger partial charge in [-0.3, -0.25) is 0 Å². The summed E-state index contributed by atoms with van der Waals surface area (Å²) >= 11 is 1.56. The molecule has 0 atom stereocenters. The summed E-state index contributed by atoms with van der Waals surface area (Å²) in [6.45, 7) is 1.13. The van der Waals surface area contributed by atoms with Gasteiger partial charge in [-0.05, 0) is 29.5 Å². The van der Waals surface area contributed by atoms with Crippen LogP contribution in [-0.2, 0) is 10.0 Å². The summed E-state index contributed by atoms with van der Waals surface area (Å²) in [7, 11) is -4.20. The van der Waals surface area contributed by atoms with Crippen LogP contribution in [0.25, 0.3) is 0 Å². The van der Waals surface area contributed by atoms with E-state index in [0.29, 0.717) is 0 Å². The summed E-state index contributed by atoms with van der Waals surface area (Å²) < 4.78 is 62.1. The van der Waals surface area contributed by atoms with Crippen molar-refractivity contribution >= 4 is 32.6 Å². The number of alkyl halides is 3. The molecule has 0 aliphatic heterocycles. The Hall–Kier alpha value is -0.620. The number of ether oxygens (including phenoxy) is 1. The third kappa shape index (κ3) is 3.96. The first-order chi connectivity index (χ1) is 7.50. The zero-order valence-electron chi connectivity index (χ0n) is 8.25. The molecule has 1 heterocycles. The summed E-state index contributed by atoms with van der Waals surface area (Å²) in [4.78, 5) is 3.56. The second kappa shape index (κ2) is 4.57. The van der Waals surface area contributed by atoms with Crippen molar-refractivity contribution in [3.05, 3.63) is 15.3 Å². The Labute approximate surface area is 108 Å². The molecule has 5 nitrogen and oxygen atoms in total. The largest absolute Gasteiger partial charge is 0.573 e. The summed E-state index contributed by atoms with van der Waals surface area (Å²) in [6.07, 6.45) is -4.91. The number of hydrogen-bond donors (Lipinski definition) is 1. The molecule has 17 heavy (non-hydrogen) atoms. The standard InChI is InChI=1S/C7H6F3IN2O3S/c1-3-4(16-7(8,9)10)2-5(11)13-6(3)17(12,14)15/h2H,1H3,(H2,12,14,15). The highest BCUT2D eigenvalue weighted by Crippen LogP contribution is 2.29. The van der Waals surface area contributed by atoms with Gasteiger partial charge in [0.15, 0.2) is 5.03 Å². The molecule has 0 aliphatic carbocycles. The number of hydrogen-bond acceptors (Lipinski definition) is 4. The number of halogens is 4. The maximum atomic E-state index is 12.1. The number of aromatic nitrogens is 1. The van der Waals surface area contributed by atoms with Gasteiger partial charge in [-0.25, -0.2) is 18.5 Å². The fourth-order valence-electron chi connectivity index (χ4n) is 1.04. The van der Waals surface area contributed by atoms with Gasteiger partial charge in [0.25, 0.3) is 10.0 Å². The second-order valence-electron chi connectivity index (χ2n) is 2.97. The Kier molecular flexibility index (Phi) is 3.88. The van der Waals surface area contributed by atoms with Crippen molar-refractivity contribution in [3.63, 3.8) is 0 Å². The minimum Gasteiger partial charge on any atom is -0.405 e. The van der Waals surface area contributed by atoms with E-state index in [0.717, 1.165) is 13.0 Å². The predicted octanol–water partition coefficient (Wildman–Crippen LogP) is 1.54. The quantitative estimate of drug-likeness (QED) is 0.622. The lowest BCUT2D eigenvalue weighted by molar-refractivity contribution is -0.275. The molecule has 0 saturated carbocycles. The van der Waals surface area contributed by atoms with E-state index < -0.39 is 27.2 Å². The molecule has 1 rings (SSSR count). The molecule has 0 unspecified atom stereocenters. The van der Waals surface area contributed by atoms with Crippen molar-refractivity contribution in [2.24, 2.45) is 5.14 Å². The van der Waals surface area contributed by atoms with Crippen LogP contribution in [0.1, 0.15) is 5.56 Å². The van der Waals surface area contributed by atoms with E-state index in [1.807, 2.05) is 0 Å². The van der Waals surface area contributed by atoms with Crippen molar-refractivity contribution in [1.82, 2.24) is 4.98 Å². The number of sulfonamides is 1. The molecule has 0 saturated heterocycles. The van der Waals surface area contributed by atoms with E-state index in [1.54, 1.807) is 22.6 Å². The molecule has 1 aromatic heterocycles. The Balaban J connectivity index is 3.40. The van der Waals surface area contributed by atoms with E-state index >= 15 is 0 Å². The molecular weight excluding hydrogens is 376 g/mol. The second-order valence-corrected chi connectivity index (χ2v) is 5.55. The van der Waals surface area contributed by atoms with Gasteiger partial charge in [0.05, 0.1) is 0 Å². The van der Waals surface area contributed by atoms with E-state index in [4.69, 9.17) is 5.14 Å². The minimum atomic E-state index is -4.91. The van der Waals surface area contributed by atoms with Gasteiger partial charge in [0.1, 0.15) is 9.45 Å². The van der Waals surface area contributed by atoms with Crippen molar-refractivity contribution < 1.29 is 26.3 Å². The van der Waals surface area contributed by atoms with Crippen LogP contribution >= 0.6 is 22.6 Å². The van der Waals surface area contributed by atoms with Gasteiger partial charge < -0.3 is 4.74 Å². The molecule has 10 heteroatoms. The number of primary sulfonamides is 1. The average Bonchev–Trinajstić information content (AvgIpc) is 2.06. The van der Waals surface area contributed by atoms with Crippen molar-refractivity contribution in [1.29, 1.82) is 0 Å². The molecule has 2 N–H and O–H groups in total. The smallest absolute Gasteiger partial charge is 0.405 e. The third-order valence-electron chi connectivity index (χ3n) is 1.64. The Morgan fingerprint density at radius 1 is 1.47 bits per heavy atom. The molecule has 0 aromatic carbocycles. The summed E-state index contributed by atoms with van der Waals surface area (Å²) in [5, 5.41) is 4.19. The summed E-state index contributed by atoms with van der Waals surface area (Å²) in [6, 6.07) is 0.970. The molecule has 0 amide bonds. The van der Waals surface area contributed by atoms with Crippen LogP contribution in [-0.4, -0.2) is 19.8 Å². The van der Waals surface area contributed by atoms with Crippen LogP contribution in [0.2, 0.25) is 0 Å². The maximum Gasteiger partial charge on any atom is 0.573 e. The van der Waals surface area contributed by atoms with Crippen LogP contribution < -0.4 is 9.88 Å². The highest BCUT2D eigenvalue weighted by Gasteiger charge is 2.33. The zero-order chi connectivity index (χ0) is 13.4. The summed E-state index contributed by atoms with van der Waals surface area (Å²) in [5.74, 6) is -0.638. The van der Waals surface area contributed by atoms with Crippen LogP contribution in [0.5, 0.6) is 5.75 Å². The zero-order valence-corrected chi connectivity index (χ0v) is 11.2. The lowest BCUT2D eigenvalue weighted by Crippen LogP contribution is -2.21. The number of nitrogens with zero attached hydrogens (tertiary/aromatic N) is 1. The van der Waals surface area contributed by atoms with Crippen molar-refractivity contribution in [2.45, 2.75) is 18.3 Å². The molecule has 0 spiro atoms. The van der Waals surface area contributed by atoms with Gasteiger partial charge in [-0.15, -0.1) is 13.2 Å². The van der Waals surface area contributed by atoms with E-state index in [-0.39, 0.29) is 9.26 Å². The highest BCUT2D eigenvalue weighted by atomic mass is 127. The Morgan fingerprint density at radius 3 is 2.41 bits per heavy atom. The van der Waals surface area contributed by atoms with Crippen molar-refractivity contribution in [2.75, 3.05) is 0 Å². The van der Waals surface area contributed by atoms with E-state index in [9.17, 15) is 21.6 Å². The van der Waals surface area contributed by atoms with Crippen LogP contribution in [0.3, 0.4) is 0 Å². The molecule has 0 radical (unpaired) electrons. The van der Waals surface area contributed by atoms with E-state index in [1.165, 1.54) is 0 Å². The van der Waals surface area contributed by atoms with Gasteiger partial charge in [0.2, 0.25) is 0 Å². The molecule has 1 aromatic rings. The van der Waals surface area contributed by atoms with Gasteiger partial charge in [-0.1, -0.05) is 0 Å². The molecule has 0 fully saturated rings. The van der Waals surface area contributed by atoms with Crippen LogP contribution in [0.15, 0.2) is 11.1 Å². The predicted molar refractivity (Wildman–Crippen MR) is 59.7 cm³/mol. The first-order valence-corrected chi connectivity index (χ1v) is 6.59. The molecular formula is C7H6F3IN2O3S. The monoisotopic (exact) mass is 382 g/mol. The average molecular weight is 382 g/mol. The normalized spacial score (nSPS) is 12.6. The first-order valence-electron chi connectivity index (χ1n) is 3.96. The number of nitrogens with two attached hydrogens (primary N) is 1. The van der Waals surface area contributed by atoms with Crippen LogP contribution in [0.4, 0.5) is 13.2 Å². The SMILES string of the molecule is Cc1c(OC(F)(F)F)cc(I)nc1S(N)(=O)=O. The maximum absolute atomic E-state index is 12.1. The van der Waals surface area contributed by atoms with Gasteiger partial charge in [0, 0.05) is 11.6 Å². The lowest BCUT2D eigenvalue weighted by Gasteiger charge is -2.13. The van der Waals surface area contributed by atoms with Crippen molar-refractivity contribution in [3.8, 4) is 5.75 Å². The lowest BCUT2D eigenvalue weighted by atomic mass is 10.3. The summed E-state index contributed by atoms with van der Waals surface area (Å²) in [5.41, 5.74) is -0.287.